The lowest BCUT2D eigenvalue weighted by Crippen LogP contribution is -2.50. The second kappa shape index (κ2) is 11.5. The van der Waals surface area contributed by atoms with Gasteiger partial charge < -0.3 is 10.2 Å². The molecule has 3 aromatic carbocycles. The van der Waals surface area contributed by atoms with Gasteiger partial charge in [0.05, 0.1) is 16.5 Å². The SMILES string of the molecule is CNC(=O)[C@@H](Cc1ccccc1)N(Cc1cccc(Br)c1)C(=O)Cc1ccc(Cl)c(Cl)c1. The first kappa shape index (κ1) is 24.3. The fraction of sp³-hybridized carbons (Fsp3) is 0.200. The molecule has 0 saturated heterocycles. The molecule has 0 radical (unpaired) electrons. The first-order chi connectivity index (χ1) is 15.4. The lowest BCUT2D eigenvalue weighted by molar-refractivity contribution is -0.140. The standard InChI is InChI=1S/C25H23BrCl2N2O2/c1-29-25(32)23(14-17-6-3-2-4-7-17)30(16-19-8-5-9-20(26)12-19)24(31)15-18-10-11-21(27)22(28)13-18/h2-13,23H,14-16H2,1H3,(H,29,32)/t23-/m1/s1. The van der Waals surface area contributed by atoms with Crippen molar-refractivity contribution in [1.29, 1.82) is 0 Å². The highest BCUT2D eigenvalue weighted by atomic mass is 79.9. The Balaban J connectivity index is 1.95. The molecule has 0 heterocycles. The van der Waals surface area contributed by atoms with Gasteiger partial charge in [-0.1, -0.05) is 87.7 Å². The molecule has 0 saturated carbocycles. The average Bonchev–Trinajstić information content (AvgIpc) is 2.79. The van der Waals surface area contributed by atoms with Crippen molar-refractivity contribution in [3.05, 3.63) is 104 Å². The number of nitrogens with one attached hydrogen (secondary N) is 1. The molecule has 3 aromatic rings. The lowest BCUT2D eigenvalue weighted by Gasteiger charge is -2.31. The number of benzene rings is 3. The maximum Gasteiger partial charge on any atom is 0.242 e. The van der Waals surface area contributed by atoms with E-state index >= 15 is 0 Å². The van der Waals surface area contributed by atoms with Crippen LogP contribution in [-0.4, -0.2) is 29.8 Å². The van der Waals surface area contributed by atoms with Crippen molar-refractivity contribution in [2.75, 3.05) is 7.05 Å². The van der Waals surface area contributed by atoms with Crippen molar-refractivity contribution in [2.24, 2.45) is 0 Å². The molecule has 0 spiro atoms. The lowest BCUT2D eigenvalue weighted by atomic mass is 10.0. The summed E-state index contributed by atoms with van der Waals surface area (Å²) in [6.45, 7) is 0.296. The summed E-state index contributed by atoms with van der Waals surface area (Å²) in [5.74, 6) is -0.390. The molecule has 2 amide bonds. The van der Waals surface area contributed by atoms with E-state index in [9.17, 15) is 9.59 Å². The minimum absolute atomic E-state index is 0.104. The van der Waals surface area contributed by atoms with Gasteiger partial charge in [-0.25, -0.2) is 0 Å². The molecule has 32 heavy (non-hydrogen) atoms. The van der Waals surface area contributed by atoms with Crippen LogP contribution in [0.2, 0.25) is 10.0 Å². The van der Waals surface area contributed by atoms with Gasteiger partial charge in [0.25, 0.3) is 0 Å². The molecule has 3 rings (SSSR count). The minimum atomic E-state index is -0.670. The van der Waals surface area contributed by atoms with Gasteiger partial charge in [-0.05, 0) is 41.0 Å². The summed E-state index contributed by atoms with van der Waals surface area (Å²) in [4.78, 5) is 28.1. The number of likely N-dealkylation sites (N-methyl/N-ethyl adjacent to an activating group) is 1. The Bertz CT molecular complexity index is 1090. The number of nitrogens with zero attached hydrogens (tertiary/aromatic N) is 1. The van der Waals surface area contributed by atoms with E-state index in [1.807, 2.05) is 54.6 Å². The number of carbonyl (C=O) groups is 2. The van der Waals surface area contributed by atoms with Crippen molar-refractivity contribution >= 4 is 50.9 Å². The molecule has 0 bridgehead atoms. The minimum Gasteiger partial charge on any atom is -0.357 e. The molecule has 4 nitrogen and oxygen atoms in total. The van der Waals surface area contributed by atoms with E-state index in [1.165, 1.54) is 0 Å². The average molecular weight is 534 g/mol. The van der Waals surface area contributed by atoms with Gasteiger partial charge in [0, 0.05) is 24.5 Å². The zero-order chi connectivity index (χ0) is 23.1. The molecule has 1 N–H and O–H groups in total. The van der Waals surface area contributed by atoms with Gasteiger partial charge in [0.15, 0.2) is 0 Å². The van der Waals surface area contributed by atoms with Crippen LogP contribution < -0.4 is 5.32 Å². The number of hydrogen-bond donors (Lipinski definition) is 1. The Labute approximate surface area is 206 Å². The predicted octanol–water partition coefficient (Wildman–Crippen LogP) is 5.68. The van der Waals surface area contributed by atoms with E-state index in [0.29, 0.717) is 23.0 Å². The van der Waals surface area contributed by atoms with Crippen LogP contribution in [0, 0.1) is 0 Å². The van der Waals surface area contributed by atoms with Crippen molar-refractivity contribution in [2.45, 2.75) is 25.4 Å². The van der Waals surface area contributed by atoms with E-state index in [2.05, 4.69) is 21.2 Å². The molecule has 7 heteroatoms. The molecule has 0 aliphatic heterocycles. The third-order valence-electron chi connectivity index (χ3n) is 5.10. The van der Waals surface area contributed by atoms with Crippen molar-refractivity contribution in [1.82, 2.24) is 10.2 Å². The quantitative estimate of drug-likeness (QED) is 0.404. The van der Waals surface area contributed by atoms with E-state index in [0.717, 1.165) is 21.2 Å². The first-order valence-corrected chi connectivity index (χ1v) is 11.7. The summed E-state index contributed by atoms with van der Waals surface area (Å²) in [5.41, 5.74) is 2.63. The third-order valence-corrected chi connectivity index (χ3v) is 6.33. The summed E-state index contributed by atoms with van der Waals surface area (Å²) in [6, 6.07) is 21.9. The van der Waals surface area contributed by atoms with Crippen molar-refractivity contribution in [3.8, 4) is 0 Å². The van der Waals surface area contributed by atoms with Crippen LogP contribution in [0.15, 0.2) is 77.3 Å². The van der Waals surface area contributed by atoms with Gasteiger partial charge in [-0.3, -0.25) is 9.59 Å². The Hall–Kier alpha value is -2.34. The zero-order valence-electron chi connectivity index (χ0n) is 17.5. The Morgan fingerprint density at radius 1 is 0.906 bits per heavy atom. The highest BCUT2D eigenvalue weighted by Crippen LogP contribution is 2.24. The van der Waals surface area contributed by atoms with Crippen molar-refractivity contribution in [3.63, 3.8) is 0 Å². The van der Waals surface area contributed by atoms with Gasteiger partial charge >= 0.3 is 0 Å². The summed E-state index contributed by atoms with van der Waals surface area (Å²) in [6.07, 6.45) is 0.509. The van der Waals surface area contributed by atoms with E-state index in [-0.39, 0.29) is 18.2 Å². The van der Waals surface area contributed by atoms with Crippen LogP contribution >= 0.6 is 39.1 Å². The Morgan fingerprint density at radius 3 is 2.28 bits per heavy atom. The second-order valence-corrected chi connectivity index (χ2v) is 9.13. The highest BCUT2D eigenvalue weighted by molar-refractivity contribution is 9.10. The number of carbonyl (C=O) groups excluding carboxylic acids is 2. The summed E-state index contributed by atoms with van der Waals surface area (Å²) in [5, 5.41) is 3.54. The Morgan fingerprint density at radius 2 is 1.62 bits per heavy atom. The van der Waals surface area contributed by atoms with E-state index in [1.54, 1.807) is 30.1 Å². The fourth-order valence-electron chi connectivity index (χ4n) is 3.48. The van der Waals surface area contributed by atoms with Crippen LogP contribution in [-0.2, 0) is 29.0 Å². The van der Waals surface area contributed by atoms with Gasteiger partial charge in [0.1, 0.15) is 6.04 Å². The molecule has 166 valence electrons. The highest BCUT2D eigenvalue weighted by Gasteiger charge is 2.30. The summed E-state index contributed by atoms with van der Waals surface area (Å²) in [7, 11) is 1.58. The van der Waals surface area contributed by atoms with Gasteiger partial charge in [-0.2, -0.15) is 0 Å². The summed E-state index contributed by atoms with van der Waals surface area (Å²) >= 11 is 15.6. The molecular weight excluding hydrogens is 511 g/mol. The van der Waals surface area contributed by atoms with E-state index in [4.69, 9.17) is 23.2 Å². The number of halogens is 3. The normalized spacial score (nSPS) is 11.6. The number of amides is 2. The largest absolute Gasteiger partial charge is 0.357 e. The number of rotatable bonds is 8. The summed E-state index contributed by atoms with van der Waals surface area (Å²) < 4.78 is 0.909. The third kappa shape index (κ3) is 6.58. The molecule has 1 atom stereocenters. The van der Waals surface area contributed by atoms with Crippen LogP contribution in [0.5, 0.6) is 0 Å². The maximum atomic E-state index is 13.5. The zero-order valence-corrected chi connectivity index (χ0v) is 20.6. The fourth-order valence-corrected chi connectivity index (χ4v) is 4.25. The van der Waals surface area contributed by atoms with Crippen molar-refractivity contribution < 1.29 is 9.59 Å². The van der Waals surface area contributed by atoms with Crippen LogP contribution in [0.25, 0.3) is 0 Å². The van der Waals surface area contributed by atoms with Gasteiger partial charge in [-0.15, -0.1) is 0 Å². The molecular formula is C25H23BrCl2N2O2. The maximum absolute atomic E-state index is 13.5. The monoisotopic (exact) mass is 532 g/mol. The predicted molar refractivity (Wildman–Crippen MR) is 133 cm³/mol. The topological polar surface area (TPSA) is 49.4 Å². The van der Waals surface area contributed by atoms with Crippen LogP contribution in [0.3, 0.4) is 0 Å². The van der Waals surface area contributed by atoms with Crippen LogP contribution in [0.1, 0.15) is 16.7 Å². The second-order valence-electron chi connectivity index (χ2n) is 7.40. The van der Waals surface area contributed by atoms with Crippen LogP contribution in [0.4, 0.5) is 0 Å². The Kier molecular flexibility index (Phi) is 8.74. The molecule has 0 unspecified atom stereocenters. The molecule has 0 aromatic heterocycles. The molecule has 0 aliphatic rings. The van der Waals surface area contributed by atoms with E-state index < -0.39 is 6.04 Å². The smallest absolute Gasteiger partial charge is 0.242 e. The van der Waals surface area contributed by atoms with Gasteiger partial charge in [0.2, 0.25) is 11.8 Å². The number of hydrogen-bond acceptors (Lipinski definition) is 2. The molecule has 0 fully saturated rings. The molecule has 0 aliphatic carbocycles. The first-order valence-electron chi connectivity index (χ1n) is 10.1.